The third-order valence-electron chi connectivity index (χ3n) is 2.39. The van der Waals surface area contributed by atoms with E-state index >= 15 is 0 Å². The summed E-state index contributed by atoms with van der Waals surface area (Å²) in [4.78, 5) is 15.8. The third-order valence-corrected chi connectivity index (χ3v) is 2.39. The molecule has 0 unspecified atom stereocenters. The first-order valence-corrected chi connectivity index (χ1v) is 5.31. The molecular formula is C11H13N5O2. The number of benzene rings is 1. The monoisotopic (exact) mass is 247 g/mol. The molecule has 94 valence electrons. The number of amides is 1. The van der Waals surface area contributed by atoms with Crippen LogP contribution in [0.4, 0.5) is 5.69 Å². The van der Waals surface area contributed by atoms with Crippen LogP contribution >= 0.6 is 0 Å². The predicted molar refractivity (Wildman–Crippen MR) is 64.5 cm³/mol. The van der Waals surface area contributed by atoms with E-state index in [4.69, 9.17) is 5.84 Å². The van der Waals surface area contributed by atoms with Gasteiger partial charge in [-0.15, -0.1) is 0 Å². The Balaban J connectivity index is 2.10. The molecule has 4 N–H and O–H groups in total. The molecule has 0 atom stereocenters. The number of anilines is 1. The number of hydrazine groups is 1. The van der Waals surface area contributed by atoms with Crippen molar-refractivity contribution >= 4 is 11.6 Å². The highest BCUT2D eigenvalue weighted by molar-refractivity contribution is 5.99. The first kappa shape index (κ1) is 12.1. The van der Waals surface area contributed by atoms with Gasteiger partial charge in [-0.3, -0.25) is 10.6 Å². The Morgan fingerprint density at radius 2 is 2.33 bits per heavy atom. The molecule has 2 aromatic rings. The van der Waals surface area contributed by atoms with Gasteiger partial charge in [0.2, 0.25) is 6.39 Å². The average Bonchev–Trinajstić information content (AvgIpc) is 2.89. The van der Waals surface area contributed by atoms with Crippen LogP contribution in [0.15, 0.2) is 29.1 Å². The van der Waals surface area contributed by atoms with E-state index in [2.05, 4.69) is 25.4 Å². The van der Waals surface area contributed by atoms with Crippen LogP contribution < -0.4 is 16.6 Å². The summed E-state index contributed by atoms with van der Waals surface area (Å²) < 4.78 is 4.57. The molecule has 0 bridgehead atoms. The number of nitrogens with one attached hydrogen (secondary N) is 2. The van der Waals surface area contributed by atoms with Gasteiger partial charge >= 0.3 is 0 Å². The number of hydrogen-bond donors (Lipinski definition) is 3. The Morgan fingerprint density at radius 1 is 1.50 bits per heavy atom. The summed E-state index contributed by atoms with van der Waals surface area (Å²) in [5.41, 5.74) is 4.49. The lowest BCUT2D eigenvalue weighted by molar-refractivity contribution is 0.0950. The van der Waals surface area contributed by atoms with Gasteiger partial charge in [0.25, 0.3) is 5.91 Å². The lowest BCUT2D eigenvalue weighted by Gasteiger charge is -2.09. The topological polar surface area (TPSA) is 106 Å². The van der Waals surface area contributed by atoms with Crippen molar-refractivity contribution in [2.75, 3.05) is 5.43 Å². The Labute approximate surface area is 103 Å². The fraction of sp³-hybridized carbons (Fsp3) is 0.182. The average molecular weight is 247 g/mol. The maximum absolute atomic E-state index is 12.0. The van der Waals surface area contributed by atoms with Gasteiger partial charge in [-0.25, -0.2) is 0 Å². The highest BCUT2D eigenvalue weighted by Crippen LogP contribution is 2.16. The first-order valence-electron chi connectivity index (χ1n) is 5.31. The second-order valence-electron chi connectivity index (χ2n) is 3.72. The van der Waals surface area contributed by atoms with E-state index in [9.17, 15) is 4.79 Å². The molecule has 0 aliphatic carbocycles. The van der Waals surface area contributed by atoms with E-state index < -0.39 is 0 Å². The van der Waals surface area contributed by atoms with Gasteiger partial charge in [-0.2, -0.15) is 4.98 Å². The van der Waals surface area contributed by atoms with E-state index in [1.807, 2.05) is 13.0 Å². The molecule has 7 nitrogen and oxygen atoms in total. The van der Waals surface area contributed by atoms with E-state index in [1.165, 1.54) is 6.39 Å². The molecule has 7 heteroatoms. The van der Waals surface area contributed by atoms with Crippen LogP contribution in [0, 0.1) is 6.92 Å². The van der Waals surface area contributed by atoms with Crippen molar-refractivity contribution < 1.29 is 9.32 Å². The van der Waals surface area contributed by atoms with Crippen LogP contribution in [0.3, 0.4) is 0 Å². The molecule has 0 saturated carbocycles. The van der Waals surface area contributed by atoms with Crippen LogP contribution in [0.5, 0.6) is 0 Å². The fourth-order valence-electron chi connectivity index (χ4n) is 1.50. The van der Waals surface area contributed by atoms with Crippen molar-refractivity contribution in [3.63, 3.8) is 0 Å². The summed E-state index contributed by atoms with van der Waals surface area (Å²) in [5.74, 6) is 5.52. The van der Waals surface area contributed by atoms with Gasteiger partial charge in [0, 0.05) is 0 Å². The smallest absolute Gasteiger partial charge is 0.253 e. The molecule has 2 rings (SSSR count). The maximum Gasteiger partial charge on any atom is 0.253 e. The van der Waals surface area contributed by atoms with E-state index in [0.717, 1.165) is 5.56 Å². The minimum atomic E-state index is -0.253. The minimum Gasteiger partial charge on any atom is -0.345 e. The largest absolute Gasteiger partial charge is 0.345 e. The van der Waals surface area contributed by atoms with Crippen LogP contribution in [-0.4, -0.2) is 16.0 Å². The molecular weight excluding hydrogens is 234 g/mol. The zero-order valence-electron chi connectivity index (χ0n) is 9.80. The molecule has 0 spiro atoms. The second kappa shape index (κ2) is 5.28. The van der Waals surface area contributed by atoms with E-state index in [-0.39, 0.29) is 12.5 Å². The summed E-state index contributed by atoms with van der Waals surface area (Å²) in [7, 11) is 0. The van der Waals surface area contributed by atoms with Crippen molar-refractivity contribution in [3.05, 3.63) is 41.5 Å². The highest BCUT2D eigenvalue weighted by atomic mass is 16.5. The van der Waals surface area contributed by atoms with Crippen molar-refractivity contribution in [1.29, 1.82) is 0 Å². The van der Waals surface area contributed by atoms with Crippen LogP contribution in [0.25, 0.3) is 0 Å². The highest BCUT2D eigenvalue weighted by Gasteiger charge is 2.11. The molecule has 0 aliphatic heterocycles. The van der Waals surface area contributed by atoms with Crippen LogP contribution in [0.1, 0.15) is 21.7 Å². The van der Waals surface area contributed by atoms with Crippen molar-refractivity contribution in [2.24, 2.45) is 5.84 Å². The number of nitrogen functional groups attached to an aromatic ring is 1. The molecule has 18 heavy (non-hydrogen) atoms. The molecule has 0 radical (unpaired) electrons. The Hall–Kier alpha value is -2.41. The Kier molecular flexibility index (Phi) is 3.54. The molecule has 0 aliphatic rings. The molecule has 1 amide bonds. The van der Waals surface area contributed by atoms with Gasteiger partial charge in [-0.05, 0) is 19.1 Å². The maximum atomic E-state index is 12.0. The predicted octanol–water partition coefficient (Wildman–Crippen LogP) is 0.594. The zero-order valence-corrected chi connectivity index (χ0v) is 9.80. The molecule has 0 fully saturated rings. The standard InChI is InChI=1S/C11H13N5O2/c1-7-2-3-9(15-12)8(4-7)11(17)13-5-10-14-6-18-16-10/h2-4,6,15H,5,12H2,1H3,(H,13,17). The summed E-state index contributed by atoms with van der Waals surface area (Å²) in [6, 6.07) is 5.37. The summed E-state index contributed by atoms with van der Waals surface area (Å²) in [6.07, 6.45) is 1.21. The summed E-state index contributed by atoms with van der Waals surface area (Å²) in [6.45, 7) is 2.10. The third kappa shape index (κ3) is 2.64. The molecule has 1 aromatic heterocycles. The lowest BCUT2D eigenvalue weighted by atomic mass is 10.1. The zero-order chi connectivity index (χ0) is 13.0. The summed E-state index contributed by atoms with van der Waals surface area (Å²) in [5, 5.41) is 6.28. The first-order chi connectivity index (χ1) is 8.70. The number of nitrogens with zero attached hydrogens (tertiary/aromatic N) is 2. The number of carbonyl (C=O) groups excluding carboxylic acids is 1. The van der Waals surface area contributed by atoms with E-state index in [1.54, 1.807) is 12.1 Å². The van der Waals surface area contributed by atoms with Gasteiger partial charge in [-0.1, -0.05) is 16.8 Å². The number of hydrogen-bond acceptors (Lipinski definition) is 6. The number of aromatic nitrogens is 2. The molecule has 1 aromatic carbocycles. The molecule has 0 saturated heterocycles. The number of aryl methyl sites for hydroxylation is 1. The normalized spacial score (nSPS) is 10.1. The summed E-state index contributed by atoms with van der Waals surface area (Å²) >= 11 is 0. The van der Waals surface area contributed by atoms with Gasteiger partial charge < -0.3 is 15.3 Å². The van der Waals surface area contributed by atoms with Gasteiger partial charge in [0.1, 0.15) is 0 Å². The van der Waals surface area contributed by atoms with Crippen LogP contribution in [-0.2, 0) is 6.54 Å². The van der Waals surface area contributed by atoms with Crippen molar-refractivity contribution in [2.45, 2.75) is 13.5 Å². The lowest BCUT2D eigenvalue weighted by Crippen LogP contribution is -2.25. The second-order valence-corrected chi connectivity index (χ2v) is 3.72. The quantitative estimate of drug-likeness (QED) is 0.539. The van der Waals surface area contributed by atoms with Crippen molar-refractivity contribution in [1.82, 2.24) is 15.5 Å². The number of rotatable bonds is 4. The van der Waals surface area contributed by atoms with Gasteiger partial charge in [0.05, 0.1) is 17.8 Å². The Morgan fingerprint density at radius 3 is 3.00 bits per heavy atom. The van der Waals surface area contributed by atoms with Gasteiger partial charge in [0.15, 0.2) is 5.82 Å². The Bertz CT molecular complexity index is 538. The van der Waals surface area contributed by atoms with Crippen LogP contribution in [0.2, 0.25) is 0 Å². The number of nitrogens with two attached hydrogens (primary N) is 1. The number of carbonyl (C=O) groups is 1. The minimum absolute atomic E-state index is 0.202. The molecule has 1 heterocycles. The fourth-order valence-corrected chi connectivity index (χ4v) is 1.50. The van der Waals surface area contributed by atoms with Crippen molar-refractivity contribution in [3.8, 4) is 0 Å². The van der Waals surface area contributed by atoms with E-state index in [0.29, 0.717) is 17.1 Å². The SMILES string of the molecule is Cc1ccc(NN)c(C(=O)NCc2ncon2)c1.